The van der Waals surface area contributed by atoms with Gasteiger partial charge in [-0.15, -0.1) is 0 Å². The first kappa shape index (κ1) is 20.1. The van der Waals surface area contributed by atoms with Crippen LogP contribution in [-0.2, 0) is 16.6 Å². The lowest BCUT2D eigenvalue weighted by Crippen LogP contribution is -2.44. The number of rotatable bonds is 6. The number of sulfonamides is 1. The first-order valence-corrected chi connectivity index (χ1v) is 11.6. The predicted molar refractivity (Wildman–Crippen MR) is 108 cm³/mol. The highest BCUT2D eigenvalue weighted by atomic mass is 32.2. The molecule has 1 aromatic carbocycles. The summed E-state index contributed by atoms with van der Waals surface area (Å²) in [7, 11) is 0.377. The summed E-state index contributed by atoms with van der Waals surface area (Å²) in [5.74, 6) is 3.95. The molecule has 1 aromatic rings. The summed E-state index contributed by atoms with van der Waals surface area (Å²) >= 11 is 1.79. The fraction of sp³-hybridized carbons (Fsp3) is 0.588. The summed E-state index contributed by atoms with van der Waals surface area (Å²) in [5.41, 5.74) is 1.06. The molecule has 0 bridgehead atoms. The molecule has 0 amide bonds. The monoisotopic (exact) mass is 414 g/mol. The minimum Gasteiger partial charge on any atom is -0.454 e. The van der Waals surface area contributed by atoms with Crippen molar-refractivity contribution in [3.8, 4) is 11.5 Å². The van der Waals surface area contributed by atoms with E-state index >= 15 is 0 Å². The van der Waals surface area contributed by atoms with Crippen molar-refractivity contribution in [3.05, 3.63) is 23.8 Å². The molecular weight excluding hydrogens is 388 g/mol. The molecule has 2 aliphatic heterocycles. The van der Waals surface area contributed by atoms with Crippen molar-refractivity contribution < 1.29 is 17.9 Å². The van der Waals surface area contributed by atoms with Crippen molar-refractivity contribution in [2.45, 2.75) is 6.54 Å². The molecule has 1 N–H and O–H groups in total. The standard InChI is InChI=1S/C17H26N4O4S2/c1-18-17(19-5-10-27(22,23)21-6-8-26-9-7-21)20(2)12-14-3-4-15-16(11-14)25-13-24-15/h3-4,11H,5-10,12-13H2,1-2H3,(H,18,19). The van der Waals surface area contributed by atoms with Gasteiger partial charge in [-0.25, -0.2) is 12.7 Å². The Labute approximate surface area is 165 Å². The van der Waals surface area contributed by atoms with Gasteiger partial charge in [0.15, 0.2) is 17.5 Å². The van der Waals surface area contributed by atoms with E-state index in [0.29, 0.717) is 32.1 Å². The number of ether oxygens (including phenoxy) is 2. The molecule has 150 valence electrons. The van der Waals surface area contributed by atoms with Gasteiger partial charge >= 0.3 is 0 Å². The fourth-order valence-electron chi connectivity index (χ4n) is 3.02. The molecule has 10 heteroatoms. The molecule has 0 aromatic heterocycles. The van der Waals surface area contributed by atoms with Crippen LogP contribution in [0.2, 0.25) is 0 Å². The molecule has 1 fully saturated rings. The fourth-order valence-corrected chi connectivity index (χ4v) is 5.51. The van der Waals surface area contributed by atoms with Crippen molar-refractivity contribution in [3.63, 3.8) is 0 Å². The Morgan fingerprint density at radius 3 is 2.78 bits per heavy atom. The lowest BCUT2D eigenvalue weighted by molar-refractivity contribution is 0.174. The molecule has 0 unspecified atom stereocenters. The Kier molecular flexibility index (Phi) is 6.72. The van der Waals surface area contributed by atoms with Crippen LogP contribution in [0.15, 0.2) is 23.2 Å². The number of hydrogen-bond donors (Lipinski definition) is 1. The molecule has 0 aliphatic carbocycles. The van der Waals surface area contributed by atoms with E-state index in [4.69, 9.17) is 9.47 Å². The van der Waals surface area contributed by atoms with Crippen molar-refractivity contribution >= 4 is 27.7 Å². The summed E-state index contributed by atoms with van der Waals surface area (Å²) in [6, 6.07) is 5.83. The summed E-state index contributed by atoms with van der Waals surface area (Å²) in [5, 5.41) is 3.15. The Morgan fingerprint density at radius 1 is 1.30 bits per heavy atom. The maximum absolute atomic E-state index is 12.4. The third-order valence-electron chi connectivity index (χ3n) is 4.44. The topological polar surface area (TPSA) is 83.5 Å². The third-order valence-corrected chi connectivity index (χ3v) is 7.25. The molecule has 2 aliphatic rings. The maximum atomic E-state index is 12.4. The molecule has 8 nitrogen and oxygen atoms in total. The number of aliphatic imine (C=N–C) groups is 1. The number of fused-ring (bicyclic) bond motifs is 1. The lowest BCUT2D eigenvalue weighted by atomic mass is 10.2. The molecule has 3 rings (SSSR count). The molecular formula is C17H26N4O4S2. The maximum Gasteiger partial charge on any atom is 0.231 e. The second-order valence-electron chi connectivity index (χ2n) is 6.35. The van der Waals surface area contributed by atoms with E-state index in [0.717, 1.165) is 28.6 Å². The molecule has 0 saturated carbocycles. The quantitative estimate of drug-likeness (QED) is 0.545. The average Bonchev–Trinajstić information content (AvgIpc) is 3.13. The minimum absolute atomic E-state index is 0.0640. The van der Waals surface area contributed by atoms with E-state index in [1.165, 1.54) is 0 Å². The largest absolute Gasteiger partial charge is 0.454 e. The highest BCUT2D eigenvalue weighted by Crippen LogP contribution is 2.32. The summed E-state index contributed by atoms with van der Waals surface area (Å²) < 4.78 is 37.2. The highest BCUT2D eigenvalue weighted by Gasteiger charge is 2.24. The van der Waals surface area contributed by atoms with E-state index in [-0.39, 0.29) is 12.5 Å². The van der Waals surface area contributed by atoms with Gasteiger partial charge in [-0.3, -0.25) is 4.99 Å². The SMILES string of the molecule is CN=C(NCCS(=O)(=O)N1CCSCC1)N(C)Cc1ccc2c(c1)OCO2. The van der Waals surface area contributed by atoms with Gasteiger partial charge in [0, 0.05) is 51.8 Å². The third kappa shape index (κ3) is 5.20. The smallest absolute Gasteiger partial charge is 0.231 e. The molecule has 0 spiro atoms. The number of benzene rings is 1. The van der Waals surface area contributed by atoms with Crippen LogP contribution in [0.3, 0.4) is 0 Å². The van der Waals surface area contributed by atoms with Crippen LogP contribution in [0.5, 0.6) is 11.5 Å². The van der Waals surface area contributed by atoms with Crippen molar-refractivity contribution in [1.29, 1.82) is 0 Å². The average molecular weight is 415 g/mol. The van der Waals surface area contributed by atoms with Crippen LogP contribution >= 0.6 is 11.8 Å². The van der Waals surface area contributed by atoms with E-state index < -0.39 is 10.0 Å². The number of thioether (sulfide) groups is 1. The van der Waals surface area contributed by atoms with Gasteiger partial charge in [0.25, 0.3) is 0 Å². The van der Waals surface area contributed by atoms with Crippen LogP contribution in [0.1, 0.15) is 5.56 Å². The van der Waals surface area contributed by atoms with E-state index in [1.54, 1.807) is 23.1 Å². The van der Waals surface area contributed by atoms with Crippen molar-refractivity contribution in [2.24, 2.45) is 4.99 Å². The Balaban J connectivity index is 1.51. The zero-order valence-corrected chi connectivity index (χ0v) is 17.3. The Bertz CT molecular complexity index is 779. The van der Waals surface area contributed by atoms with Gasteiger partial charge in [-0.1, -0.05) is 6.07 Å². The van der Waals surface area contributed by atoms with Gasteiger partial charge < -0.3 is 19.7 Å². The Hall–Kier alpha value is -1.65. The molecule has 1 saturated heterocycles. The first-order valence-electron chi connectivity index (χ1n) is 8.85. The summed E-state index contributed by atoms with van der Waals surface area (Å²) in [6.07, 6.45) is 0. The van der Waals surface area contributed by atoms with Crippen LogP contribution < -0.4 is 14.8 Å². The van der Waals surface area contributed by atoms with Crippen molar-refractivity contribution in [2.75, 3.05) is 57.8 Å². The van der Waals surface area contributed by atoms with Crippen LogP contribution in [0.25, 0.3) is 0 Å². The zero-order chi connectivity index (χ0) is 19.3. The first-order chi connectivity index (χ1) is 13.0. The highest BCUT2D eigenvalue weighted by molar-refractivity contribution is 7.99. The molecule has 2 heterocycles. The molecule has 27 heavy (non-hydrogen) atoms. The Morgan fingerprint density at radius 2 is 2.04 bits per heavy atom. The second-order valence-corrected chi connectivity index (χ2v) is 9.66. The van der Waals surface area contributed by atoms with E-state index in [2.05, 4.69) is 10.3 Å². The number of hydrogen-bond acceptors (Lipinski definition) is 6. The van der Waals surface area contributed by atoms with Crippen LogP contribution in [0, 0.1) is 0 Å². The van der Waals surface area contributed by atoms with Gasteiger partial charge in [0.05, 0.1) is 5.75 Å². The lowest BCUT2D eigenvalue weighted by Gasteiger charge is -2.26. The van der Waals surface area contributed by atoms with Crippen LogP contribution in [-0.4, -0.2) is 81.4 Å². The van der Waals surface area contributed by atoms with Crippen molar-refractivity contribution in [1.82, 2.24) is 14.5 Å². The number of nitrogens with zero attached hydrogens (tertiary/aromatic N) is 3. The minimum atomic E-state index is -3.23. The molecule has 0 atom stereocenters. The van der Waals surface area contributed by atoms with Gasteiger partial charge in [0.2, 0.25) is 16.8 Å². The van der Waals surface area contributed by atoms with Crippen LogP contribution in [0.4, 0.5) is 0 Å². The summed E-state index contributed by atoms with van der Waals surface area (Å²) in [6.45, 7) is 2.40. The zero-order valence-electron chi connectivity index (χ0n) is 15.7. The molecule has 0 radical (unpaired) electrons. The van der Waals surface area contributed by atoms with E-state index in [9.17, 15) is 8.42 Å². The van der Waals surface area contributed by atoms with Gasteiger partial charge in [-0.2, -0.15) is 11.8 Å². The normalized spacial score (nSPS) is 17.8. The predicted octanol–water partition coefficient (Wildman–Crippen LogP) is 0.801. The summed E-state index contributed by atoms with van der Waals surface area (Å²) in [4.78, 5) is 6.20. The van der Waals surface area contributed by atoms with Gasteiger partial charge in [-0.05, 0) is 17.7 Å². The second kappa shape index (κ2) is 9.03. The van der Waals surface area contributed by atoms with E-state index in [1.807, 2.05) is 30.1 Å². The number of nitrogens with one attached hydrogen (secondary N) is 1. The van der Waals surface area contributed by atoms with Gasteiger partial charge in [0.1, 0.15) is 0 Å². The number of guanidine groups is 1.